The lowest BCUT2D eigenvalue weighted by atomic mass is 10.3. The van der Waals surface area contributed by atoms with Crippen molar-refractivity contribution in [2.45, 2.75) is 27.2 Å². The smallest absolute Gasteiger partial charge is 0.102 e. The van der Waals surface area contributed by atoms with Crippen molar-refractivity contribution in [1.29, 1.82) is 0 Å². The van der Waals surface area contributed by atoms with E-state index in [9.17, 15) is 0 Å². The minimum atomic E-state index is 1.24. The number of hydrogen-bond acceptors (Lipinski definition) is 0. The van der Waals surface area contributed by atoms with E-state index in [0.29, 0.717) is 0 Å². The minimum absolute atomic E-state index is 1.24. The molecule has 0 aromatic heterocycles. The van der Waals surface area contributed by atoms with Gasteiger partial charge in [0.2, 0.25) is 0 Å². The molecule has 1 heteroatoms. The molecule has 0 N–H and O–H groups in total. The first-order valence-corrected chi connectivity index (χ1v) is 4.28. The highest BCUT2D eigenvalue weighted by Gasteiger charge is 2.29. The van der Waals surface area contributed by atoms with Crippen molar-refractivity contribution in [3.8, 4) is 0 Å². The van der Waals surface area contributed by atoms with Crippen molar-refractivity contribution in [2.24, 2.45) is 0 Å². The summed E-state index contributed by atoms with van der Waals surface area (Å²) in [5.74, 6) is 0. The van der Waals surface area contributed by atoms with E-state index in [0.717, 1.165) is 0 Å². The molecule has 1 rings (SSSR count). The summed E-state index contributed by atoms with van der Waals surface area (Å²) in [6.45, 7) is 10.7. The van der Waals surface area contributed by atoms with Crippen LogP contribution in [0.4, 0.5) is 0 Å². The molecule has 1 aliphatic heterocycles. The van der Waals surface area contributed by atoms with Gasteiger partial charge in [-0.2, -0.15) is 0 Å². The first-order chi connectivity index (χ1) is 4.75. The second-order valence-electron chi connectivity index (χ2n) is 3.14. The molecule has 0 aliphatic carbocycles. The molecule has 0 aromatic rings. The normalized spacial score (nSPS) is 22.9. The lowest BCUT2D eigenvalue weighted by Gasteiger charge is -2.32. The highest BCUT2D eigenvalue weighted by Crippen LogP contribution is 2.24. The largest absolute Gasteiger partial charge is 0.295 e. The molecule has 0 amide bonds. The summed E-state index contributed by atoms with van der Waals surface area (Å²) in [4.78, 5) is 0. The van der Waals surface area contributed by atoms with Crippen LogP contribution in [0.5, 0.6) is 0 Å². The highest BCUT2D eigenvalue weighted by atomic mass is 15.4. The molecule has 0 unspecified atom stereocenters. The van der Waals surface area contributed by atoms with E-state index in [1.165, 1.54) is 30.5 Å². The maximum absolute atomic E-state index is 2.38. The summed E-state index contributed by atoms with van der Waals surface area (Å²) in [7, 11) is 0. The molecule has 58 valence electrons. The molecule has 0 aromatic carbocycles. The molecule has 0 bridgehead atoms. The molecule has 0 saturated heterocycles. The van der Waals surface area contributed by atoms with Gasteiger partial charge in [-0.15, -0.1) is 0 Å². The quantitative estimate of drug-likeness (QED) is 0.516. The molecular weight excluding hydrogens is 122 g/mol. The number of hydrogen-bond donors (Lipinski definition) is 0. The summed E-state index contributed by atoms with van der Waals surface area (Å²) in [6.07, 6.45) is 3.67. The molecule has 0 radical (unpaired) electrons. The Labute approximate surface area is 63.9 Å². The van der Waals surface area contributed by atoms with Crippen molar-refractivity contribution in [2.75, 3.05) is 19.6 Å². The van der Waals surface area contributed by atoms with Gasteiger partial charge in [0, 0.05) is 13.3 Å². The van der Waals surface area contributed by atoms with Crippen molar-refractivity contribution in [3.63, 3.8) is 0 Å². The van der Waals surface area contributed by atoms with Crippen LogP contribution in [-0.4, -0.2) is 24.1 Å². The first-order valence-electron chi connectivity index (χ1n) is 4.28. The second-order valence-corrected chi connectivity index (χ2v) is 3.14. The molecule has 0 fully saturated rings. The molecule has 10 heavy (non-hydrogen) atoms. The fraction of sp³-hybridized carbons (Fsp3) is 0.778. The van der Waals surface area contributed by atoms with Gasteiger partial charge < -0.3 is 0 Å². The van der Waals surface area contributed by atoms with E-state index in [4.69, 9.17) is 0 Å². The standard InChI is InChI=1S/C9H18N/c1-4-10(5-2)8-6-7-9(10)3/h7H,4-6,8H2,1-3H3/q+1. The topological polar surface area (TPSA) is 0 Å². The van der Waals surface area contributed by atoms with Gasteiger partial charge in [-0.3, -0.25) is 4.48 Å². The Hall–Kier alpha value is -0.300. The minimum Gasteiger partial charge on any atom is -0.295 e. The zero-order chi connectivity index (χ0) is 7.61. The summed E-state index contributed by atoms with van der Waals surface area (Å²) in [5, 5.41) is 0. The number of quaternary nitrogens is 1. The molecule has 0 saturated carbocycles. The van der Waals surface area contributed by atoms with Gasteiger partial charge in [0.05, 0.1) is 19.6 Å². The SMILES string of the molecule is CC[N+]1(CC)CCC=C1C. The molecular formula is C9H18N+. The van der Waals surface area contributed by atoms with Crippen LogP contribution in [0.15, 0.2) is 11.8 Å². The predicted octanol–water partition coefficient (Wildman–Crippen LogP) is 2.15. The van der Waals surface area contributed by atoms with Crippen molar-refractivity contribution in [1.82, 2.24) is 0 Å². The van der Waals surface area contributed by atoms with Crippen molar-refractivity contribution < 1.29 is 4.48 Å². The Balaban J connectivity index is 2.74. The molecule has 1 nitrogen and oxygen atoms in total. The summed E-state index contributed by atoms with van der Waals surface area (Å²) < 4.78 is 1.24. The van der Waals surface area contributed by atoms with Crippen LogP contribution in [0.2, 0.25) is 0 Å². The van der Waals surface area contributed by atoms with E-state index in [2.05, 4.69) is 26.8 Å². The van der Waals surface area contributed by atoms with Crippen molar-refractivity contribution >= 4 is 0 Å². The van der Waals surface area contributed by atoms with E-state index in [1.54, 1.807) is 5.70 Å². The zero-order valence-electron chi connectivity index (χ0n) is 7.35. The molecule has 0 spiro atoms. The summed E-state index contributed by atoms with van der Waals surface area (Å²) >= 11 is 0. The Bertz CT molecular complexity index is 143. The third-order valence-corrected chi connectivity index (χ3v) is 2.96. The number of rotatable bonds is 2. The lowest BCUT2D eigenvalue weighted by molar-refractivity contribution is -0.882. The van der Waals surface area contributed by atoms with E-state index in [-0.39, 0.29) is 0 Å². The molecule has 1 aliphatic rings. The van der Waals surface area contributed by atoms with E-state index in [1.807, 2.05) is 0 Å². The summed E-state index contributed by atoms with van der Waals surface area (Å²) in [5.41, 5.74) is 1.57. The Morgan fingerprint density at radius 1 is 1.40 bits per heavy atom. The average Bonchev–Trinajstić information content (AvgIpc) is 2.32. The third kappa shape index (κ3) is 0.988. The Kier molecular flexibility index (Phi) is 2.14. The predicted molar refractivity (Wildman–Crippen MR) is 44.6 cm³/mol. The Morgan fingerprint density at radius 2 is 2.00 bits per heavy atom. The second kappa shape index (κ2) is 2.75. The highest BCUT2D eigenvalue weighted by molar-refractivity contribution is 4.94. The maximum atomic E-state index is 2.38. The summed E-state index contributed by atoms with van der Waals surface area (Å²) in [6, 6.07) is 0. The first kappa shape index (κ1) is 7.80. The van der Waals surface area contributed by atoms with Gasteiger partial charge in [0.25, 0.3) is 0 Å². The van der Waals surface area contributed by atoms with E-state index >= 15 is 0 Å². The number of nitrogens with zero attached hydrogens (tertiary/aromatic N) is 1. The van der Waals surface area contributed by atoms with Crippen LogP contribution in [0, 0.1) is 0 Å². The van der Waals surface area contributed by atoms with Gasteiger partial charge in [-0.25, -0.2) is 0 Å². The van der Waals surface area contributed by atoms with Gasteiger partial charge in [0.1, 0.15) is 5.70 Å². The maximum Gasteiger partial charge on any atom is 0.102 e. The fourth-order valence-corrected chi connectivity index (χ4v) is 1.93. The van der Waals surface area contributed by atoms with Crippen LogP contribution in [0.3, 0.4) is 0 Å². The lowest BCUT2D eigenvalue weighted by Crippen LogP contribution is -2.43. The van der Waals surface area contributed by atoms with Gasteiger partial charge >= 0.3 is 0 Å². The van der Waals surface area contributed by atoms with Gasteiger partial charge in [0.15, 0.2) is 0 Å². The molecule has 0 atom stereocenters. The van der Waals surface area contributed by atoms with Gasteiger partial charge in [-0.1, -0.05) is 0 Å². The number of allylic oxidation sites excluding steroid dienone is 1. The van der Waals surface area contributed by atoms with E-state index < -0.39 is 0 Å². The monoisotopic (exact) mass is 140 g/mol. The van der Waals surface area contributed by atoms with Crippen LogP contribution < -0.4 is 0 Å². The average molecular weight is 140 g/mol. The van der Waals surface area contributed by atoms with Crippen LogP contribution in [-0.2, 0) is 0 Å². The zero-order valence-corrected chi connectivity index (χ0v) is 7.35. The molecule has 1 heterocycles. The van der Waals surface area contributed by atoms with Crippen LogP contribution >= 0.6 is 0 Å². The third-order valence-electron chi connectivity index (χ3n) is 2.96. The fourth-order valence-electron chi connectivity index (χ4n) is 1.93. The van der Waals surface area contributed by atoms with Crippen LogP contribution in [0.25, 0.3) is 0 Å². The van der Waals surface area contributed by atoms with Gasteiger partial charge in [-0.05, 0) is 19.9 Å². The van der Waals surface area contributed by atoms with Crippen LogP contribution in [0.1, 0.15) is 27.2 Å². The Morgan fingerprint density at radius 3 is 2.20 bits per heavy atom. The van der Waals surface area contributed by atoms with Crippen molar-refractivity contribution in [3.05, 3.63) is 11.8 Å².